The van der Waals surface area contributed by atoms with Crippen molar-refractivity contribution in [3.8, 4) is 0 Å². The summed E-state index contributed by atoms with van der Waals surface area (Å²) >= 11 is 0. The number of hydrogen-bond donors (Lipinski definition) is 0. The number of rotatable bonds is 3. The number of halogens is 3. The van der Waals surface area contributed by atoms with Crippen LogP contribution in [0.3, 0.4) is 0 Å². The van der Waals surface area contributed by atoms with Crippen LogP contribution in [0.4, 0.5) is 13.2 Å². The van der Waals surface area contributed by atoms with E-state index in [1.54, 1.807) is 6.07 Å². The van der Waals surface area contributed by atoms with Crippen molar-refractivity contribution in [1.82, 2.24) is 0 Å². The number of benzene rings is 1. The van der Waals surface area contributed by atoms with Gasteiger partial charge in [0.1, 0.15) is 0 Å². The van der Waals surface area contributed by atoms with E-state index in [2.05, 4.69) is 0 Å². The molecular formula is C14H19F3. The van der Waals surface area contributed by atoms with Gasteiger partial charge in [0.15, 0.2) is 0 Å². The third-order valence-electron chi connectivity index (χ3n) is 3.03. The van der Waals surface area contributed by atoms with Gasteiger partial charge in [-0.15, -0.1) is 0 Å². The Labute approximate surface area is 101 Å². The van der Waals surface area contributed by atoms with Gasteiger partial charge in [0.25, 0.3) is 0 Å². The van der Waals surface area contributed by atoms with Crippen molar-refractivity contribution in [1.29, 1.82) is 0 Å². The first kappa shape index (κ1) is 14.1. The molecule has 0 saturated heterocycles. The van der Waals surface area contributed by atoms with Crippen LogP contribution in [0.15, 0.2) is 24.3 Å². The van der Waals surface area contributed by atoms with Gasteiger partial charge in [0, 0.05) is 0 Å². The minimum Gasteiger partial charge on any atom is -0.171 e. The summed E-state index contributed by atoms with van der Waals surface area (Å²) in [6.07, 6.45) is -4.14. The Morgan fingerprint density at radius 2 is 1.71 bits per heavy atom. The molecule has 0 aliphatic heterocycles. The third-order valence-corrected chi connectivity index (χ3v) is 3.03. The zero-order valence-electron chi connectivity index (χ0n) is 10.7. The minimum absolute atomic E-state index is 0.0249. The quantitative estimate of drug-likeness (QED) is 0.706. The Hall–Kier alpha value is -0.990. The molecule has 0 bridgehead atoms. The van der Waals surface area contributed by atoms with Crippen LogP contribution in [-0.4, -0.2) is 6.18 Å². The smallest absolute Gasteiger partial charge is 0.171 e. The minimum atomic E-state index is -4.17. The van der Waals surface area contributed by atoms with Crippen LogP contribution in [0.1, 0.15) is 44.7 Å². The van der Waals surface area contributed by atoms with Crippen molar-refractivity contribution in [3.63, 3.8) is 0 Å². The normalized spacial score (nSPS) is 13.2. The van der Waals surface area contributed by atoms with Gasteiger partial charge in [-0.05, 0) is 23.5 Å². The van der Waals surface area contributed by atoms with E-state index >= 15 is 0 Å². The molecule has 1 aromatic rings. The lowest BCUT2D eigenvalue weighted by Gasteiger charge is -2.28. The monoisotopic (exact) mass is 244 g/mol. The molecule has 0 saturated carbocycles. The fourth-order valence-electron chi connectivity index (χ4n) is 1.67. The summed E-state index contributed by atoms with van der Waals surface area (Å²) in [5.41, 5.74) is 0.154. The van der Waals surface area contributed by atoms with Crippen molar-refractivity contribution in [2.24, 2.45) is 5.41 Å². The van der Waals surface area contributed by atoms with Crippen molar-refractivity contribution in [3.05, 3.63) is 35.4 Å². The van der Waals surface area contributed by atoms with Crippen LogP contribution < -0.4 is 0 Å². The third kappa shape index (κ3) is 3.48. The first-order valence-corrected chi connectivity index (χ1v) is 5.79. The van der Waals surface area contributed by atoms with E-state index in [1.165, 1.54) is 13.8 Å². The van der Waals surface area contributed by atoms with E-state index < -0.39 is 11.6 Å². The van der Waals surface area contributed by atoms with Crippen LogP contribution in [0.2, 0.25) is 0 Å². The molecule has 0 unspecified atom stereocenters. The average molecular weight is 244 g/mol. The molecule has 0 aromatic heterocycles. The molecular weight excluding hydrogens is 225 g/mol. The van der Waals surface area contributed by atoms with E-state index in [-0.39, 0.29) is 6.42 Å². The Kier molecular flexibility index (Phi) is 3.90. The predicted octanol–water partition coefficient (Wildman–Crippen LogP) is 4.94. The molecule has 0 N–H and O–H groups in total. The maximum absolute atomic E-state index is 12.8. The summed E-state index contributed by atoms with van der Waals surface area (Å²) in [6.45, 7) is 6.56. The molecule has 0 aliphatic rings. The van der Waals surface area contributed by atoms with E-state index in [4.69, 9.17) is 0 Å². The molecule has 0 aliphatic carbocycles. The van der Waals surface area contributed by atoms with Crippen LogP contribution in [-0.2, 0) is 6.42 Å². The lowest BCUT2D eigenvalue weighted by Crippen LogP contribution is -2.34. The van der Waals surface area contributed by atoms with E-state index in [0.29, 0.717) is 5.92 Å². The maximum atomic E-state index is 12.8. The standard InChI is InChI=1S/C14H19F3/c1-10(2)12-7-5-6-11(8-12)9-13(3,4)14(15,16)17/h5-8,10H,9H2,1-4H3. The molecule has 0 fully saturated rings. The number of hydrogen-bond acceptors (Lipinski definition) is 0. The van der Waals surface area contributed by atoms with Crippen molar-refractivity contribution in [2.75, 3.05) is 0 Å². The van der Waals surface area contributed by atoms with E-state index in [9.17, 15) is 13.2 Å². The molecule has 0 amide bonds. The Morgan fingerprint density at radius 1 is 1.12 bits per heavy atom. The Morgan fingerprint density at radius 3 is 2.18 bits per heavy atom. The van der Waals surface area contributed by atoms with Crippen molar-refractivity contribution in [2.45, 2.75) is 46.2 Å². The fraction of sp³-hybridized carbons (Fsp3) is 0.571. The van der Waals surface area contributed by atoms with Crippen LogP contribution >= 0.6 is 0 Å². The largest absolute Gasteiger partial charge is 0.394 e. The molecule has 0 radical (unpaired) electrons. The molecule has 0 spiro atoms. The van der Waals surface area contributed by atoms with Crippen molar-refractivity contribution < 1.29 is 13.2 Å². The number of alkyl halides is 3. The molecule has 0 heterocycles. The van der Waals surface area contributed by atoms with Gasteiger partial charge in [-0.3, -0.25) is 0 Å². The zero-order valence-corrected chi connectivity index (χ0v) is 10.7. The molecule has 0 atom stereocenters. The van der Waals surface area contributed by atoms with E-state index in [1.807, 2.05) is 32.0 Å². The average Bonchev–Trinajstić information content (AvgIpc) is 2.15. The lowest BCUT2D eigenvalue weighted by atomic mass is 9.84. The predicted molar refractivity (Wildman–Crippen MR) is 64.1 cm³/mol. The van der Waals surface area contributed by atoms with Crippen molar-refractivity contribution >= 4 is 0 Å². The second-order valence-corrected chi connectivity index (χ2v) is 5.46. The highest BCUT2D eigenvalue weighted by Gasteiger charge is 2.46. The van der Waals surface area contributed by atoms with E-state index in [0.717, 1.165) is 11.1 Å². The first-order chi connectivity index (χ1) is 7.63. The van der Waals surface area contributed by atoms with Gasteiger partial charge in [-0.25, -0.2) is 0 Å². The van der Waals surface area contributed by atoms with Gasteiger partial charge in [-0.2, -0.15) is 13.2 Å². The Bertz CT molecular complexity index is 375. The second-order valence-electron chi connectivity index (χ2n) is 5.46. The van der Waals surface area contributed by atoms with Crippen LogP contribution in [0, 0.1) is 5.41 Å². The molecule has 96 valence electrons. The maximum Gasteiger partial charge on any atom is 0.394 e. The molecule has 0 nitrogen and oxygen atoms in total. The van der Waals surface area contributed by atoms with Gasteiger partial charge in [-0.1, -0.05) is 52.0 Å². The summed E-state index contributed by atoms with van der Waals surface area (Å²) in [4.78, 5) is 0. The van der Waals surface area contributed by atoms with Gasteiger partial charge >= 0.3 is 6.18 Å². The molecule has 3 heteroatoms. The van der Waals surface area contributed by atoms with Gasteiger partial charge < -0.3 is 0 Å². The SMILES string of the molecule is CC(C)c1cccc(CC(C)(C)C(F)(F)F)c1. The molecule has 1 rings (SSSR count). The van der Waals surface area contributed by atoms with Gasteiger partial charge in [0.05, 0.1) is 5.41 Å². The Balaban J connectivity index is 2.92. The summed E-state index contributed by atoms with van der Waals surface area (Å²) in [6, 6.07) is 7.42. The highest BCUT2D eigenvalue weighted by Crippen LogP contribution is 2.40. The molecule has 17 heavy (non-hydrogen) atoms. The highest BCUT2D eigenvalue weighted by molar-refractivity contribution is 5.26. The van der Waals surface area contributed by atoms with Crippen LogP contribution in [0.25, 0.3) is 0 Å². The van der Waals surface area contributed by atoms with Crippen LogP contribution in [0.5, 0.6) is 0 Å². The summed E-state index contributed by atoms with van der Waals surface area (Å²) in [5, 5.41) is 0. The summed E-state index contributed by atoms with van der Waals surface area (Å²) in [7, 11) is 0. The fourth-order valence-corrected chi connectivity index (χ4v) is 1.67. The lowest BCUT2D eigenvalue weighted by molar-refractivity contribution is -0.211. The zero-order chi connectivity index (χ0) is 13.3. The second kappa shape index (κ2) is 4.71. The summed E-state index contributed by atoms with van der Waals surface area (Å²) in [5.74, 6) is 0.337. The topological polar surface area (TPSA) is 0 Å². The summed E-state index contributed by atoms with van der Waals surface area (Å²) < 4.78 is 38.3. The van der Waals surface area contributed by atoms with Gasteiger partial charge in [0.2, 0.25) is 0 Å². The molecule has 1 aromatic carbocycles. The highest BCUT2D eigenvalue weighted by atomic mass is 19.4. The first-order valence-electron chi connectivity index (χ1n) is 5.79.